The quantitative estimate of drug-likeness (QED) is 0.424. The van der Waals surface area contributed by atoms with E-state index in [4.69, 9.17) is 0 Å². The van der Waals surface area contributed by atoms with E-state index in [2.05, 4.69) is 28.2 Å². The van der Waals surface area contributed by atoms with Crippen molar-refractivity contribution in [3.05, 3.63) is 22.7 Å². The van der Waals surface area contributed by atoms with Crippen LogP contribution in [0.1, 0.15) is 6.42 Å². The second kappa shape index (κ2) is 1.63. The van der Waals surface area contributed by atoms with Crippen molar-refractivity contribution in [1.29, 1.82) is 0 Å². The normalized spacial score (nSPS) is 18.5. The SMILES string of the molecule is [Fe][C]1=CCC=C1. The molecule has 0 saturated heterocycles. The molecule has 0 unspecified atom stereocenters. The molecule has 0 fully saturated rings. The van der Waals surface area contributed by atoms with Crippen molar-refractivity contribution in [3.63, 3.8) is 0 Å². The Hall–Kier alpha value is -0.000519. The van der Waals surface area contributed by atoms with Crippen LogP contribution in [0.3, 0.4) is 0 Å². The molecule has 0 radical (unpaired) electrons. The summed E-state index contributed by atoms with van der Waals surface area (Å²) in [6.45, 7) is 0. The third kappa shape index (κ3) is 0.734. The molecule has 0 bridgehead atoms. The van der Waals surface area contributed by atoms with E-state index in [1.165, 1.54) is 0 Å². The third-order valence-electron chi connectivity index (χ3n) is 0.717. The van der Waals surface area contributed by atoms with Gasteiger partial charge in [-0.15, -0.1) is 0 Å². The van der Waals surface area contributed by atoms with Gasteiger partial charge in [-0.1, -0.05) is 0 Å². The zero-order valence-electron chi connectivity index (χ0n) is 3.29. The molecule has 0 aliphatic heterocycles. The van der Waals surface area contributed by atoms with Gasteiger partial charge < -0.3 is 0 Å². The number of rotatable bonds is 0. The maximum absolute atomic E-state index is 3.71. The zero-order chi connectivity index (χ0) is 4.41. The summed E-state index contributed by atoms with van der Waals surface area (Å²) in [5.41, 5.74) is 0. The second-order valence-electron chi connectivity index (χ2n) is 1.21. The second-order valence-corrected chi connectivity index (χ2v) is 1.85. The van der Waals surface area contributed by atoms with Gasteiger partial charge in [0.1, 0.15) is 0 Å². The number of allylic oxidation sites excluding steroid dienone is 4. The van der Waals surface area contributed by atoms with E-state index in [0.717, 1.165) is 10.9 Å². The Balaban J connectivity index is 2.68. The summed E-state index contributed by atoms with van der Waals surface area (Å²) in [4.78, 5) is 0. The predicted octanol–water partition coefficient (Wildman–Crippen LogP) is 1.38. The molecule has 33 valence electrons. The summed E-state index contributed by atoms with van der Waals surface area (Å²) < 4.78 is 1.15. The molecular weight excluding hydrogens is 116 g/mol. The fourth-order valence-corrected chi connectivity index (χ4v) is 0.684. The third-order valence-corrected chi connectivity index (χ3v) is 1.13. The molecule has 1 aliphatic carbocycles. The van der Waals surface area contributed by atoms with Gasteiger partial charge in [0.15, 0.2) is 0 Å². The van der Waals surface area contributed by atoms with E-state index in [-0.39, 0.29) is 0 Å². The van der Waals surface area contributed by atoms with E-state index < -0.39 is 0 Å². The zero-order valence-corrected chi connectivity index (χ0v) is 4.40. The minimum absolute atomic E-state index is 1.08. The standard InChI is InChI=1S/C5H5.Fe/c1-2-4-5-3-1;/h1-2,5H,3H2;. The molecule has 1 heteroatoms. The minimum atomic E-state index is 1.08. The monoisotopic (exact) mass is 121 g/mol. The Morgan fingerprint density at radius 3 is 2.67 bits per heavy atom. The Kier molecular flexibility index (Phi) is 1.13. The molecule has 0 heterocycles. The molecule has 0 spiro atoms. The maximum atomic E-state index is 3.71. The van der Waals surface area contributed by atoms with Gasteiger partial charge in [-0.3, -0.25) is 0 Å². The summed E-state index contributed by atoms with van der Waals surface area (Å²) >= 11 is 3.71. The van der Waals surface area contributed by atoms with Crippen LogP contribution >= 0.6 is 0 Å². The molecule has 0 atom stereocenters. The summed E-state index contributed by atoms with van der Waals surface area (Å²) in [6, 6.07) is 0. The van der Waals surface area contributed by atoms with Crippen LogP contribution in [-0.4, -0.2) is 0 Å². The van der Waals surface area contributed by atoms with E-state index >= 15 is 0 Å². The number of hydrogen-bond acceptors (Lipinski definition) is 0. The predicted molar refractivity (Wildman–Crippen MR) is 21.8 cm³/mol. The molecule has 0 N–H and O–H groups in total. The van der Waals surface area contributed by atoms with Gasteiger partial charge in [-0.25, -0.2) is 0 Å². The van der Waals surface area contributed by atoms with Crippen molar-refractivity contribution >= 4 is 0 Å². The van der Waals surface area contributed by atoms with Crippen molar-refractivity contribution in [2.45, 2.75) is 6.42 Å². The topological polar surface area (TPSA) is 0 Å². The van der Waals surface area contributed by atoms with Crippen molar-refractivity contribution in [3.8, 4) is 0 Å². The van der Waals surface area contributed by atoms with Crippen LogP contribution in [0.25, 0.3) is 0 Å². The van der Waals surface area contributed by atoms with E-state index in [1.807, 2.05) is 6.08 Å². The van der Waals surface area contributed by atoms with Crippen LogP contribution in [0.15, 0.2) is 22.7 Å². The van der Waals surface area contributed by atoms with Gasteiger partial charge >= 0.3 is 45.1 Å². The fourth-order valence-electron chi connectivity index (χ4n) is 0.424. The van der Waals surface area contributed by atoms with Crippen molar-refractivity contribution in [2.75, 3.05) is 0 Å². The first kappa shape index (κ1) is 4.17. The van der Waals surface area contributed by atoms with E-state index in [1.54, 1.807) is 0 Å². The molecule has 6 heavy (non-hydrogen) atoms. The molecule has 0 aromatic carbocycles. The summed E-state index contributed by atoms with van der Waals surface area (Å²) in [5, 5.41) is 0. The first-order valence-corrected chi connectivity index (χ1v) is 2.46. The summed E-state index contributed by atoms with van der Waals surface area (Å²) in [5.74, 6) is 0. The Bertz CT molecular complexity index is 97.8. The first-order chi connectivity index (χ1) is 2.89. The fraction of sp³-hybridized carbons (Fsp3) is 0.200. The van der Waals surface area contributed by atoms with Gasteiger partial charge in [0.25, 0.3) is 0 Å². The Labute approximate surface area is 45.7 Å². The van der Waals surface area contributed by atoms with E-state index in [9.17, 15) is 0 Å². The van der Waals surface area contributed by atoms with Crippen LogP contribution in [-0.2, 0) is 16.0 Å². The molecule has 1 aliphatic rings. The van der Waals surface area contributed by atoms with Crippen LogP contribution < -0.4 is 0 Å². The number of hydrogen-bond donors (Lipinski definition) is 0. The van der Waals surface area contributed by atoms with Gasteiger partial charge in [0.05, 0.1) is 0 Å². The summed E-state index contributed by atoms with van der Waals surface area (Å²) in [6.07, 6.45) is 7.31. The van der Waals surface area contributed by atoms with Gasteiger partial charge in [0.2, 0.25) is 0 Å². The molecule has 0 amide bonds. The average molecular weight is 121 g/mol. The molecule has 0 aromatic rings. The van der Waals surface area contributed by atoms with Crippen LogP contribution in [0.2, 0.25) is 0 Å². The van der Waals surface area contributed by atoms with Gasteiger partial charge in [0, 0.05) is 0 Å². The molecular formula is C5H5Fe. The Morgan fingerprint density at radius 2 is 2.50 bits per heavy atom. The van der Waals surface area contributed by atoms with Crippen molar-refractivity contribution in [1.82, 2.24) is 0 Å². The van der Waals surface area contributed by atoms with Gasteiger partial charge in [-0.2, -0.15) is 0 Å². The van der Waals surface area contributed by atoms with Gasteiger partial charge in [-0.05, 0) is 0 Å². The molecule has 1 rings (SSSR count). The van der Waals surface area contributed by atoms with Crippen LogP contribution in [0, 0.1) is 0 Å². The first-order valence-electron chi connectivity index (χ1n) is 1.90. The van der Waals surface area contributed by atoms with Crippen molar-refractivity contribution < 1.29 is 16.0 Å². The average Bonchev–Trinajstić information content (AvgIpc) is 1.86. The van der Waals surface area contributed by atoms with Crippen LogP contribution in [0.5, 0.6) is 0 Å². The molecule has 0 nitrogen and oxygen atoms in total. The Morgan fingerprint density at radius 1 is 1.67 bits per heavy atom. The van der Waals surface area contributed by atoms with E-state index in [0.29, 0.717) is 0 Å². The molecule has 0 saturated carbocycles. The van der Waals surface area contributed by atoms with Crippen molar-refractivity contribution in [2.24, 2.45) is 0 Å². The molecule has 0 aromatic heterocycles. The summed E-state index contributed by atoms with van der Waals surface area (Å²) in [7, 11) is 0. The van der Waals surface area contributed by atoms with Crippen LogP contribution in [0.4, 0.5) is 0 Å².